The SMILES string of the molecule is O=C(NC(c1ccccc1)c1ccncc1)C12CC3CC(CC(C3)C1)C2. The molecule has 1 atom stereocenters. The van der Waals surface area contributed by atoms with Gasteiger partial charge in [0.25, 0.3) is 0 Å². The van der Waals surface area contributed by atoms with E-state index in [4.69, 9.17) is 0 Å². The average Bonchev–Trinajstić information content (AvgIpc) is 2.66. The lowest BCUT2D eigenvalue weighted by atomic mass is 9.49. The Bertz CT molecular complexity index is 712. The summed E-state index contributed by atoms with van der Waals surface area (Å²) in [6, 6.07) is 14.2. The maximum atomic E-state index is 13.5. The minimum absolute atomic E-state index is 0.0975. The van der Waals surface area contributed by atoms with Gasteiger partial charge in [-0.25, -0.2) is 0 Å². The van der Waals surface area contributed by atoms with Crippen LogP contribution in [0.25, 0.3) is 0 Å². The Morgan fingerprint density at radius 1 is 0.885 bits per heavy atom. The van der Waals surface area contributed by atoms with Crippen LogP contribution in [0.4, 0.5) is 0 Å². The predicted octanol–water partition coefficient (Wildman–Crippen LogP) is 4.50. The van der Waals surface area contributed by atoms with E-state index in [-0.39, 0.29) is 17.4 Å². The third-order valence-electron chi connectivity index (χ3n) is 6.97. The van der Waals surface area contributed by atoms with Gasteiger partial charge < -0.3 is 5.32 Å². The molecule has 0 saturated heterocycles. The van der Waals surface area contributed by atoms with Gasteiger partial charge in [0.2, 0.25) is 5.91 Å². The van der Waals surface area contributed by atoms with Gasteiger partial charge in [0.1, 0.15) is 0 Å². The molecule has 4 saturated carbocycles. The van der Waals surface area contributed by atoms with E-state index in [9.17, 15) is 4.79 Å². The van der Waals surface area contributed by atoms with E-state index in [2.05, 4.69) is 22.4 Å². The molecule has 0 spiro atoms. The van der Waals surface area contributed by atoms with E-state index in [0.29, 0.717) is 0 Å². The summed E-state index contributed by atoms with van der Waals surface area (Å²) >= 11 is 0. The maximum absolute atomic E-state index is 13.5. The third-order valence-corrected chi connectivity index (χ3v) is 6.97. The number of nitrogens with zero attached hydrogens (tertiary/aromatic N) is 1. The van der Waals surface area contributed by atoms with E-state index in [1.165, 1.54) is 19.3 Å². The van der Waals surface area contributed by atoms with Crippen LogP contribution in [0.2, 0.25) is 0 Å². The van der Waals surface area contributed by atoms with Gasteiger partial charge in [-0.05, 0) is 79.5 Å². The summed E-state index contributed by atoms with van der Waals surface area (Å²) in [5.74, 6) is 2.62. The predicted molar refractivity (Wildman–Crippen MR) is 101 cm³/mol. The van der Waals surface area contributed by atoms with Crippen LogP contribution in [0.3, 0.4) is 0 Å². The fourth-order valence-electron chi connectivity index (χ4n) is 6.23. The molecule has 1 N–H and O–H groups in total. The Morgan fingerprint density at radius 3 is 2.00 bits per heavy atom. The third kappa shape index (κ3) is 2.74. The molecule has 1 aromatic carbocycles. The molecule has 1 unspecified atom stereocenters. The van der Waals surface area contributed by atoms with Crippen LogP contribution in [-0.4, -0.2) is 10.9 Å². The first kappa shape index (κ1) is 16.0. The Labute approximate surface area is 155 Å². The van der Waals surface area contributed by atoms with E-state index >= 15 is 0 Å². The van der Waals surface area contributed by atoms with Gasteiger partial charge in [-0.1, -0.05) is 30.3 Å². The monoisotopic (exact) mass is 346 g/mol. The molecule has 4 fully saturated rings. The maximum Gasteiger partial charge on any atom is 0.226 e. The lowest BCUT2D eigenvalue weighted by Gasteiger charge is -2.55. The summed E-state index contributed by atoms with van der Waals surface area (Å²) in [7, 11) is 0. The summed E-state index contributed by atoms with van der Waals surface area (Å²) < 4.78 is 0. The van der Waals surface area contributed by atoms with Gasteiger partial charge in [-0.3, -0.25) is 9.78 Å². The fraction of sp³-hybridized carbons (Fsp3) is 0.478. The number of pyridine rings is 1. The van der Waals surface area contributed by atoms with Crippen molar-refractivity contribution in [2.24, 2.45) is 23.2 Å². The summed E-state index contributed by atoms with van der Waals surface area (Å²) in [5, 5.41) is 3.44. The average molecular weight is 346 g/mol. The van der Waals surface area contributed by atoms with Crippen molar-refractivity contribution in [2.75, 3.05) is 0 Å². The minimum Gasteiger partial charge on any atom is -0.345 e. The molecule has 134 valence electrons. The molecule has 6 rings (SSSR count). The zero-order valence-electron chi connectivity index (χ0n) is 15.1. The molecule has 4 bridgehead atoms. The quantitative estimate of drug-likeness (QED) is 0.885. The summed E-state index contributed by atoms with van der Waals surface area (Å²) in [5.41, 5.74) is 2.12. The van der Waals surface area contributed by atoms with E-state index < -0.39 is 0 Å². The molecule has 1 heterocycles. The minimum atomic E-state index is -0.116. The molecule has 3 heteroatoms. The molecule has 4 aliphatic rings. The molecule has 26 heavy (non-hydrogen) atoms. The topological polar surface area (TPSA) is 42.0 Å². The first-order valence-corrected chi connectivity index (χ1v) is 9.98. The molecular weight excluding hydrogens is 320 g/mol. The first-order chi connectivity index (χ1) is 12.7. The number of nitrogens with one attached hydrogen (secondary N) is 1. The zero-order chi connectivity index (χ0) is 17.6. The Morgan fingerprint density at radius 2 is 1.42 bits per heavy atom. The summed E-state index contributed by atoms with van der Waals surface area (Å²) in [6.07, 6.45) is 11.0. The highest BCUT2D eigenvalue weighted by atomic mass is 16.2. The van der Waals surface area contributed by atoms with E-state index in [1.807, 2.05) is 42.7 Å². The Kier molecular flexibility index (Phi) is 3.84. The lowest BCUT2D eigenvalue weighted by molar-refractivity contribution is -0.146. The highest BCUT2D eigenvalue weighted by Gasteiger charge is 2.54. The number of rotatable bonds is 4. The van der Waals surface area contributed by atoms with Gasteiger partial charge in [-0.15, -0.1) is 0 Å². The van der Waals surface area contributed by atoms with Gasteiger partial charge in [0, 0.05) is 17.8 Å². The first-order valence-electron chi connectivity index (χ1n) is 9.98. The number of carbonyl (C=O) groups excluding carboxylic acids is 1. The number of hydrogen-bond donors (Lipinski definition) is 1. The smallest absolute Gasteiger partial charge is 0.226 e. The van der Waals surface area contributed by atoms with Crippen LogP contribution in [-0.2, 0) is 4.79 Å². The molecule has 1 aromatic heterocycles. The van der Waals surface area contributed by atoms with Gasteiger partial charge >= 0.3 is 0 Å². The molecule has 0 aliphatic heterocycles. The van der Waals surface area contributed by atoms with Gasteiger partial charge in [0.05, 0.1) is 6.04 Å². The van der Waals surface area contributed by atoms with E-state index in [1.54, 1.807) is 0 Å². The zero-order valence-corrected chi connectivity index (χ0v) is 15.1. The number of aromatic nitrogens is 1. The van der Waals surface area contributed by atoms with E-state index in [0.717, 1.165) is 48.1 Å². The second kappa shape index (κ2) is 6.22. The second-order valence-corrected chi connectivity index (χ2v) is 8.80. The largest absolute Gasteiger partial charge is 0.345 e. The van der Waals surface area contributed by atoms with Gasteiger partial charge in [0.15, 0.2) is 0 Å². The van der Waals surface area contributed by atoms with Crippen LogP contribution >= 0.6 is 0 Å². The van der Waals surface area contributed by atoms with Crippen LogP contribution in [0.5, 0.6) is 0 Å². The number of benzene rings is 1. The Balaban J connectivity index is 1.44. The van der Waals surface area contributed by atoms with Crippen molar-refractivity contribution in [1.29, 1.82) is 0 Å². The van der Waals surface area contributed by atoms with Crippen LogP contribution in [0.15, 0.2) is 54.9 Å². The standard InChI is InChI=1S/C23H26N2O/c26-22(23-13-16-10-17(14-23)12-18(11-16)15-23)25-21(19-4-2-1-3-5-19)20-6-8-24-9-7-20/h1-9,16-18,21H,10-15H2,(H,25,26). The second-order valence-electron chi connectivity index (χ2n) is 8.80. The number of hydrogen-bond acceptors (Lipinski definition) is 2. The fourth-order valence-corrected chi connectivity index (χ4v) is 6.23. The molecule has 4 aliphatic carbocycles. The van der Waals surface area contributed by atoms with Crippen molar-refractivity contribution >= 4 is 5.91 Å². The summed E-state index contributed by atoms with van der Waals surface area (Å²) in [4.78, 5) is 17.7. The van der Waals surface area contributed by atoms with Crippen LogP contribution in [0.1, 0.15) is 55.7 Å². The van der Waals surface area contributed by atoms with Crippen molar-refractivity contribution in [1.82, 2.24) is 10.3 Å². The van der Waals surface area contributed by atoms with Crippen molar-refractivity contribution < 1.29 is 4.79 Å². The highest BCUT2D eigenvalue weighted by molar-refractivity contribution is 5.84. The number of carbonyl (C=O) groups is 1. The van der Waals surface area contributed by atoms with Crippen molar-refractivity contribution in [3.05, 3.63) is 66.0 Å². The van der Waals surface area contributed by atoms with Crippen molar-refractivity contribution in [3.8, 4) is 0 Å². The van der Waals surface area contributed by atoms with Crippen LogP contribution < -0.4 is 5.32 Å². The van der Waals surface area contributed by atoms with Crippen LogP contribution in [0, 0.1) is 23.2 Å². The van der Waals surface area contributed by atoms with Crippen molar-refractivity contribution in [3.63, 3.8) is 0 Å². The molecule has 0 radical (unpaired) electrons. The Hall–Kier alpha value is -2.16. The number of amides is 1. The normalized spacial score (nSPS) is 33.0. The highest BCUT2D eigenvalue weighted by Crippen LogP contribution is 2.60. The molecular formula is C23H26N2O. The van der Waals surface area contributed by atoms with Crippen molar-refractivity contribution in [2.45, 2.75) is 44.6 Å². The lowest BCUT2D eigenvalue weighted by Crippen LogP contribution is -2.54. The summed E-state index contributed by atoms with van der Waals surface area (Å²) in [6.45, 7) is 0. The molecule has 3 nitrogen and oxygen atoms in total. The molecule has 1 amide bonds. The molecule has 2 aromatic rings. The van der Waals surface area contributed by atoms with Gasteiger partial charge in [-0.2, -0.15) is 0 Å².